The SMILES string of the molecule is O=C(Cc1ccccc1)Nc1cncc(-c2cc3c(-c4nc5c(-c6ccc(F)s6)cncc5[nH]4)n[nH]c3cn2)c1. The zero-order chi connectivity index (χ0) is 27.1. The number of rotatable bonds is 6. The van der Waals surface area contributed by atoms with E-state index in [4.69, 9.17) is 4.98 Å². The van der Waals surface area contributed by atoms with Gasteiger partial charge in [-0.15, -0.1) is 11.3 Å². The lowest BCUT2D eigenvalue weighted by molar-refractivity contribution is -0.115. The molecule has 0 fully saturated rings. The molecule has 40 heavy (non-hydrogen) atoms. The molecule has 1 aromatic carbocycles. The summed E-state index contributed by atoms with van der Waals surface area (Å²) in [6.07, 6.45) is 8.63. The van der Waals surface area contributed by atoms with Gasteiger partial charge in [-0.05, 0) is 29.8 Å². The first-order chi connectivity index (χ1) is 19.6. The molecule has 0 unspecified atom stereocenters. The lowest BCUT2D eigenvalue weighted by Crippen LogP contribution is -2.14. The number of aromatic amines is 2. The van der Waals surface area contributed by atoms with E-state index in [2.05, 4.69) is 35.5 Å². The van der Waals surface area contributed by atoms with Gasteiger partial charge in [-0.1, -0.05) is 30.3 Å². The first-order valence-electron chi connectivity index (χ1n) is 12.3. The monoisotopic (exact) mass is 546 g/mol. The van der Waals surface area contributed by atoms with Gasteiger partial charge in [0.15, 0.2) is 11.0 Å². The van der Waals surface area contributed by atoms with Gasteiger partial charge in [-0.25, -0.2) is 4.98 Å². The number of thiophene rings is 1. The molecule has 0 aliphatic rings. The van der Waals surface area contributed by atoms with E-state index in [1.54, 1.807) is 37.1 Å². The van der Waals surface area contributed by atoms with Gasteiger partial charge in [0.2, 0.25) is 5.91 Å². The van der Waals surface area contributed by atoms with Gasteiger partial charge < -0.3 is 10.3 Å². The van der Waals surface area contributed by atoms with Crippen LogP contribution in [0.3, 0.4) is 0 Å². The van der Waals surface area contributed by atoms with Crippen LogP contribution in [0.25, 0.3) is 55.2 Å². The fourth-order valence-corrected chi connectivity index (χ4v) is 5.32. The summed E-state index contributed by atoms with van der Waals surface area (Å²) in [6.45, 7) is 0. The molecule has 0 bridgehead atoms. The van der Waals surface area contributed by atoms with Crippen molar-refractivity contribution in [2.75, 3.05) is 5.32 Å². The average molecular weight is 547 g/mol. The summed E-state index contributed by atoms with van der Waals surface area (Å²) < 4.78 is 13.7. The Morgan fingerprint density at radius 2 is 1.82 bits per heavy atom. The maximum Gasteiger partial charge on any atom is 0.228 e. The highest BCUT2D eigenvalue weighted by Gasteiger charge is 2.17. The molecule has 6 heterocycles. The van der Waals surface area contributed by atoms with Crippen LogP contribution in [-0.2, 0) is 11.2 Å². The number of hydrogen-bond acceptors (Lipinski definition) is 7. The summed E-state index contributed by atoms with van der Waals surface area (Å²) >= 11 is 1.05. The second kappa shape index (κ2) is 9.79. The third kappa shape index (κ3) is 4.48. The normalized spacial score (nSPS) is 11.3. The lowest BCUT2D eigenvalue weighted by atomic mass is 10.1. The number of halogens is 1. The smallest absolute Gasteiger partial charge is 0.228 e. The number of pyridine rings is 3. The molecule has 0 spiro atoms. The molecule has 9 nitrogen and oxygen atoms in total. The van der Waals surface area contributed by atoms with Gasteiger partial charge in [0, 0.05) is 33.8 Å². The molecular weight excluding hydrogens is 527 g/mol. The minimum Gasteiger partial charge on any atom is -0.335 e. The van der Waals surface area contributed by atoms with Crippen LogP contribution in [0.4, 0.5) is 10.1 Å². The van der Waals surface area contributed by atoms with Crippen LogP contribution in [0, 0.1) is 5.13 Å². The molecule has 11 heteroatoms. The number of nitrogens with zero attached hydrogens (tertiary/aromatic N) is 5. The molecule has 0 atom stereocenters. The van der Waals surface area contributed by atoms with Gasteiger partial charge in [-0.3, -0.25) is 24.8 Å². The van der Waals surface area contributed by atoms with E-state index in [1.165, 1.54) is 6.07 Å². The maximum absolute atomic E-state index is 13.7. The fraction of sp³-hybridized carbons (Fsp3) is 0.0345. The van der Waals surface area contributed by atoms with Crippen LogP contribution in [0.5, 0.6) is 0 Å². The number of aromatic nitrogens is 7. The summed E-state index contributed by atoms with van der Waals surface area (Å²) in [5.41, 5.74) is 6.40. The number of carbonyl (C=O) groups excluding carboxylic acids is 1. The first kappa shape index (κ1) is 23.8. The van der Waals surface area contributed by atoms with Crippen LogP contribution >= 0.6 is 11.3 Å². The number of fused-ring (bicyclic) bond motifs is 2. The van der Waals surface area contributed by atoms with E-state index in [0.29, 0.717) is 28.4 Å². The van der Waals surface area contributed by atoms with Gasteiger partial charge in [0.05, 0.1) is 47.4 Å². The third-order valence-corrected chi connectivity index (χ3v) is 7.34. The van der Waals surface area contributed by atoms with E-state index < -0.39 is 0 Å². The molecule has 0 aliphatic carbocycles. The molecule has 7 aromatic rings. The number of benzene rings is 1. The van der Waals surface area contributed by atoms with Crippen molar-refractivity contribution in [1.29, 1.82) is 0 Å². The molecule has 0 aliphatic heterocycles. The van der Waals surface area contributed by atoms with E-state index in [1.807, 2.05) is 42.5 Å². The molecule has 3 N–H and O–H groups in total. The standard InChI is InChI=1S/C29H19FN8OS/c30-25-7-6-24(40-25)20-13-32-14-23-27(20)36-29(35-23)28-19-10-21(33-15-22(19)37-38-28)17-9-18(12-31-11-17)34-26(39)8-16-4-2-1-3-5-16/h1-7,9-15H,8H2,(H,34,39)(H,35,36)(H,37,38). The summed E-state index contributed by atoms with van der Waals surface area (Å²) in [4.78, 5) is 34.6. The lowest BCUT2D eigenvalue weighted by Gasteiger charge is -2.07. The van der Waals surface area contributed by atoms with Crippen LogP contribution < -0.4 is 5.32 Å². The summed E-state index contributed by atoms with van der Waals surface area (Å²) in [5.74, 6) is 0.416. The van der Waals surface area contributed by atoms with Crippen LogP contribution in [-0.4, -0.2) is 41.0 Å². The summed E-state index contributed by atoms with van der Waals surface area (Å²) in [6, 6.07) is 16.4. The number of hydrogen-bond donors (Lipinski definition) is 3. The van der Waals surface area contributed by atoms with E-state index in [-0.39, 0.29) is 17.5 Å². The van der Waals surface area contributed by atoms with E-state index in [0.717, 1.165) is 49.3 Å². The second-order valence-corrected chi connectivity index (χ2v) is 10.2. The zero-order valence-electron chi connectivity index (χ0n) is 20.7. The Bertz CT molecular complexity index is 2010. The topological polar surface area (TPSA) is 125 Å². The highest BCUT2D eigenvalue weighted by molar-refractivity contribution is 7.14. The van der Waals surface area contributed by atoms with Crippen molar-refractivity contribution >= 4 is 44.9 Å². The van der Waals surface area contributed by atoms with Gasteiger partial charge in [0.1, 0.15) is 11.2 Å². The third-order valence-electron chi connectivity index (χ3n) is 6.43. The molecule has 0 radical (unpaired) electrons. The predicted molar refractivity (Wildman–Crippen MR) is 152 cm³/mol. The van der Waals surface area contributed by atoms with Crippen molar-refractivity contribution in [3.8, 4) is 33.2 Å². The minimum atomic E-state index is -0.268. The number of carbonyl (C=O) groups is 1. The molecule has 0 saturated heterocycles. The van der Waals surface area contributed by atoms with Crippen molar-refractivity contribution in [1.82, 2.24) is 35.1 Å². The Morgan fingerprint density at radius 3 is 2.67 bits per heavy atom. The Hall–Kier alpha value is -5.29. The number of H-pyrrole nitrogens is 2. The minimum absolute atomic E-state index is 0.130. The fourth-order valence-electron chi connectivity index (χ4n) is 4.57. The summed E-state index contributed by atoms with van der Waals surface area (Å²) in [7, 11) is 0. The van der Waals surface area contributed by atoms with Crippen molar-refractivity contribution in [3.05, 3.63) is 96.3 Å². The molecule has 0 saturated carbocycles. The highest BCUT2D eigenvalue weighted by Crippen LogP contribution is 2.34. The Kier molecular flexibility index (Phi) is 5.82. The molecule has 7 rings (SSSR count). The molecule has 1 amide bonds. The van der Waals surface area contributed by atoms with E-state index in [9.17, 15) is 9.18 Å². The van der Waals surface area contributed by atoms with Gasteiger partial charge >= 0.3 is 0 Å². The number of anilines is 1. The average Bonchev–Trinajstić information content (AvgIpc) is 3.71. The molecule has 194 valence electrons. The molecular formula is C29H19FN8OS. The Morgan fingerprint density at radius 1 is 0.950 bits per heavy atom. The zero-order valence-corrected chi connectivity index (χ0v) is 21.5. The summed E-state index contributed by atoms with van der Waals surface area (Å²) in [5, 5.41) is 11.0. The van der Waals surface area contributed by atoms with Crippen molar-refractivity contribution in [2.24, 2.45) is 0 Å². The Balaban J connectivity index is 1.21. The largest absolute Gasteiger partial charge is 0.335 e. The van der Waals surface area contributed by atoms with Crippen LogP contribution in [0.1, 0.15) is 5.56 Å². The van der Waals surface area contributed by atoms with Crippen LogP contribution in [0.15, 0.2) is 85.6 Å². The van der Waals surface area contributed by atoms with Crippen LogP contribution in [0.2, 0.25) is 0 Å². The molecule has 6 aromatic heterocycles. The number of amides is 1. The van der Waals surface area contributed by atoms with Crippen molar-refractivity contribution in [2.45, 2.75) is 6.42 Å². The predicted octanol–water partition coefficient (Wildman–Crippen LogP) is 6.01. The second-order valence-electron chi connectivity index (χ2n) is 9.13. The number of nitrogens with one attached hydrogen (secondary N) is 3. The van der Waals surface area contributed by atoms with Crippen molar-refractivity contribution < 1.29 is 9.18 Å². The van der Waals surface area contributed by atoms with Crippen molar-refractivity contribution in [3.63, 3.8) is 0 Å². The van der Waals surface area contributed by atoms with E-state index >= 15 is 0 Å². The number of imidazole rings is 1. The quantitative estimate of drug-likeness (QED) is 0.235. The maximum atomic E-state index is 13.7. The first-order valence-corrected chi connectivity index (χ1v) is 13.2. The van der Waals surface area contributed by atoms with Gasteiger partial charge in [0.25, 0.3) is 0 Å². The Labute approximate surface area is 230 Å². The highest BCUT2D eigenvalue weighted by atomic mass is 32.1. The van der Waals surface area contributed by atoms with Gasteiger partial charge in [-0.2, -0.15) is 9.49 Å².